The molecule has 5 fully saturated rings. The third-order valence-corrected chi connectivity index (χ3v) is 16.1. The van der Waals surface area contributed by atoms with Crippen molar-refractivity contribution in [3.63, 3.8) is 0 Å². The van der Waals surface area contributed by atoms with Gasteiger partial charge in [-0.1, -0.05) is 80.9 Å². The Hall–Kier alpha value is -4.55. The molecule has 2 aliphatic heterocycles. The summed E-state index contributed by atoms with van der Waals surface area (Å²) in [5, 5.41) is 77.0. The molecule has 2 heterocycles. The van der Waals surface area contributed by atoms with Crippen LogP contribution >= 0.6 is 0 Å². The average Bonchev–Trinajstić information content (AvgIpc) is 3.71. The first-order chi connectivity index (χ1) is 33.2. The molecule has 13 atom stereocenters. The summed E-state index contributed by atoms with van der Waals surface area (Å²) in [7, 11) is 0. The summed E-state index contributed by atoms with van der Waals surface area (Å²) >= 11 is 0. The summed E-state index contributed by atoms with van der Waals surface area (Å²) in [4.78, 5) is 35.7. The van der Waals surface area contributed by atoms with Crippen LogP contribution in [-0.4, -0.2) is 126 Å². The first kappa shape index (κ1) is 55.8. The smallest absolute Gasteiger partial charge is 0.328 e. The van der Waals surface area contributed by atoms with Crippen LogP contribution in [0.5, 0.6) is 11.5 Å². The molecule has 390 valence electrons. The first-order valence-corrected chi connectivity index (χ1v) is 24.8. The van der Waals surface area contributed by atoms with E-state index in [1.54, 1.807) is 39.0 Å². The number of phenolic OH excluding ortho intramolecular Hbond substituents is 1. The Morgan fingerprint density at radius 2 is 1.61 bits per heavy atom. The Kier molecular flexibility index (Phi) is 17.2. The minimum atomic E-state index is -1.48. The molecular weight excluding hydrogens is 913 g/mol. The molecule has 0 amide bonds. The standard InChI is InChI=1S/C24H32O6.C20H28O2.C12H16O7/c1-21(2)29-19-10-16-15-6-5-13-9-14(26)7-8-22(13,3)20(15)17(27)11-23(16,4)24(19,30-21)18(28)12-25;1-15(8-6-9-16(2)14-19(21)22)11-12-18-17(3)10-7-13-20(18,4)5;13-5-8-9(15)10(16)11(17)12(19-8)18-7-3-1-6(14)2-4-7/h7-9,15-17,19-20,25,27H,5-6,10-12H2,1-4H3;6,8-9,11-12,14H,7,10,13H2,1-5H3,(H,21,22);1-4,8-17H,5H2/b;9-6+,12-11+,15-8+,16-14+;/t15-,16-,17-,19+,20+,22-,23-,24+;;8-,9-,10+,11-,12-/m0.1/s1. The molecule has 8 rings (SSSR count). The van der Waals surface area contributed by atoms with Crippen molar-refractivity contribution >= 4 is 17.5 Å². The Balaban J connectivity index is 0.000000181. The number of phenols is 1. The number of carbonyl (C=O) groups is 3. The Morgan fingerprint density at radius 3 is 2.24 bits per heavy atom. The number of aliphatic carboxylic acids is 1. The van der Waals surface area contributed by atoms with Gasteiger partial charge in [-0.05, 0) is 144 Å². The van der Waals surface area contributed by atoms with E-state index in [4.69, 9.17) is 34.3 Å². The van der Waals surface area contributed by atoms with E-state index in [2.05, 4.69) is 46.8 Å². The van der Waals surface area contributed by atoms with Crippen LogP contribution in [0.4, 0.5) is 0 Å². The summed E-state index contributed by atoms with van der Waals surface area (Å²) < 4.78 is 23.0. The molecule has 8 N–H and O–H groups in total. The molecule has 15 nitrogen and oxygen atoms in total. The van der Waals surface area contributed by atoms with Gasteiger partial charge in [0.25, 0.3) is 0 Å². The zero-order valence-corrected chi connectivity index (χ0v) is 42.6. The lowest BCUT2D eigenvalue weighted by Gasteiger charge is -2.59. The number of carboxylic acids is 1. The summed E-state index contributed by atoms with van der Waals surface area (Å²) in [6.45, 7) is 17.4. The predicted octanol–water partition coefficient (Wildman–Crippen LogP) is 6.50. The summed E-state index contributed by atoms with van der Waals surface area (Å²) in [6.07, 6.45) is 15.5. The molecule has 71 heavy (non-hydrogen) atoms. The number of aliphatic hydroxyl groups is 6. The highest BCUT2D eigenvalue weighted by Crippen LogP contribution is 2.70. The van der Waals surface area contributed by atoms with Gasteiger partial charge in [0.1, 0.15) is 42.5 Å². The highest BCUT2D eigenvalue weighted by molar-refractivity contribution is 6.01. The van der Waals surface area contributed by atoms with E-state index in [1.807, 2.05) is 25.2 Å². The Bertz CT molecular complexity index is 2350. The number of hydrogen-bond donors (Lipinski definition) is 8. The zero-order chi connectivity index (χ0) is 52.4. The fourth-order valence-corrected chi connectivity index (χ4v) is 12.7. The minimum Gasteiger partial charge on any atom is -0.508 e. The van der Waals surface area contributed by atoms with Gasteiger partial charge in [0.2, 0.25) is 6.29 Å². The fourth-order valence-electron chi connectivity index (χ4n) is 12.7. The number of benzene rings is 1. The fraction of sp³-hybridized carbons (Fsp3) is 0.589. The monoisotopic (exact) mass is 989 g/mol. The molecule has 7 aliphatic rings. The van der Waals surface area contributed by atoms with Crippen LogP contribution in [0.15, 0.2) is 107 Å². The van der Waals surface area contributed by atoms with Crippen molar-refractivity contribution in [2.75, 3.05) is 13.2 Å². The van der Waals surface area contributed by atoms with E-state index < -0.39 is 78.9 Å². The molecule has 3 saturated carbocycles. The van der Waals surface area contributed by atoms with Crippen LogP contribution in [0.3, 0.4) is 0 Å². The third kappa shape index (κ3) is 11.5. The lowest BCUT2D eigenvalue weighted by atomic mass is 9.46. The molecule has 1 aromatic rings. The van der Waals surface area contributed by atoms with Crippen LogP contribution in [0, 0.1) is 34.0 Å². The summed E-state index contributed by atoms with van der Waals surface area (Å²) in [5.74, 6) is -1.50. The molecule has 2 saturated heterocycles. The second-order valence-electron chi connectivity index (χ2n) is 21.9. The largest absolute Gasteiger partial charge is 0.508 e. The Labute approximate surface area is 417 Å². The number of carbonyl (C=O) groups excluding carboxylic acids is 2. The van der Waals surface area contributed by atoms with Crippen molar-refractivity contribution in [1.82, 2.24) is 0 Å². The maximum Gasteiger partial charge on any atom is 0.328 e. The van der Waals surface area contributed by atoms with E-state index in [-0.39, 0.29) is 45.9 Å². The molecule has 15 heteroatoms. The molecular formula is C56H76O15. The van der Waals surface area contributed by atoms with Crippen LogP contribution < -0.4 is 4.74 Å². The SMILES string of the molecule is CC1(C)O[C@@H]2C[C@H]3[C@@H]4CCC5=CC(=O)C=C[C@]5(C)[C@H]4[C@@H](O)C[C@]3(C)[C@]2(C(=O)CO)O1.CC1=C(/C=C/C(C)=C/C=C/C(C)=C/C(=O)O)C(C)(C)CCC1.OC[C@H]1O[C@@H](Oc2ccc(O)cc2)[C@H](O)[C@@H](O)[C@@H]1O. The average molecular weight is 989 g/mol. The van der Waals surface area contributed by atoms with Gasteiger partial charge in [0.15, 0.2) is 23.0 Å². The summed E-state index contributed by atoms with van der Waals surface area (Å²) in [5.41, 5.74) is 3.98. The van der Waals surface area contributed by atoms with Crippen molar-refractivity contribution < 1.29 is 74.2 Å². The zero-order valence-electron chi connectivity index (χ0n) is 42.6. The summed E-state index contributed by atoms with van der Waals surface area (Å²) in [6, 6.07) is 5.69. The van der Waals surface area contributed by atoms with Gasteiger partial charge in [-0.25, -0.2) is 4.79 Å². The number of allylic oxidation sites excluding steroid dienone is 13. The maximum absolute atomic E-state index is 13.2. The molecule has 0 unspecified atom stereocenters. The second-order valence-corrected chi connectivity index (χ2v) is 21.9. The Morgan fingerprint density at radius 1 is 0.915 bits per heavy atom. The first-order valence-electron chi connectivity index (χ1n) is 24.8. The topological polar surface area (TPSA) is 250 Å². The van der Waals surface area contributed by atoms with Gasteiger partial charge in [-0.3, -0.25) is 9.59 Å². The lowest BCUT2D eigenvalue weighted by Crippen LogP contribution is -2.63. The van der Waals surface area contributed by atoms with Gasteiger partial charge in [-0.15, -0.1) is 0 Å². The predicted molar refractivity (Wildman–Crippen MR) is 265 cm³/mol. The van der Waals surface area contributed by atoms with E-state index in [9.17, 15) is 39.9 Å². The van der Waals surface area contributed by atoms with Crippen molar-refractivity contribution in [2.24, 2.45) is 34.0 Å². The number of hydrogen-bond acceptors (Lipinski definition) is 14. The number of rotatable bonds is 10. The number of ketones is 2. The third-order valence-electron chi connectivity index (χ3n) is 16.1. The number of carboxylic acid groups (broad SMARTS) is 1. The van der Waals surface area contributed by atoms with E-state index >= 15 is 0 Å². The van der Waals surface area contributed by atoms with Crippen molar-refractivity contribution in [2.45, 2.75) is 162 Å². The van der Waals surface area contributed by atoms with E-state index in [1.165, 1.54) is 60.8 Å². The quantitative estimate of drug-likeness (QED) is 0.0921. The molecule has 5 aliphatic carbocycles. The van der Waals surface area contributed by atoms with Crippen molar-refractivity contribution in [3.05, 3.63) is 107 Å². The lowest BCUT2D eigenvalue weighted by molar-refractivity contribution is -0.277. The minimum absolute atomic E-state index is 0.0167. The maximum atomic E-state index is 13.2. The van der Waals surface area contributed by atoms with Crippen LogP contribution in [0.1, 0.15) is 107 Å². The molecule has 0 aromatic heterocycles. The van der Waals surface area contributed by atoms with Crippen LogP contribution in [-0.2, 0) is 28.6 Å². The van der Waals surface area contributed by atoms with Gasteiger partial charge in [0.05, 0.1) is 18.8 Å². The van der Waals surface area contributed by atoms with Crippen molar-refractivity contribution in [3.8, 4) is 11.5 Å². The number of aliphatic hydroxyl groups excluding tert-OH is 6. The molecule has 0 bridgehead atoms. The van der Waals surface area contributed by atoms with E-state index in [0.717, 1.165) is 29.6 Å². The van der Waals surface area contributed by atoms with Crippen LogP contribution in [0.25, 0.3) is 0 Å². The van der Waals surface area contributed by atoms with Crippen LogP contribution in [0.2, 0.25) is 0 Å². The number of Topliss-reactive ketones (excluding diaryl/α,β-unsaturated/α-hetero) is 1. The number of fused-ring (bicyclic) bond motifs is 7. The molecule has 1 aromatic carbocycles. The van der Waals surface area contributed by atoms with Gasteiger partial charge in [0, 0.05) is 22.8 Å². The highest BCUT2D eigenvalue weighted by Gasteiger charge is 2.76. The molecule has 0 radical (unpaired) electrons. The normalized spacial score (nSPS) is 37.2. The van der Waals surface area contributed by atoms with Crippen molar-refractivity contribution in [1.29, 1.82) is 0 Å². The second kappa shape index (κ2) is 21.9. The van der Waals surface area contributed by atoms with E-state index in [0.29, 0.717) is 18.6 Å². The van der Waals surface area contributed by atoms with Gasteiger partial charge < -0.3 is 59.8 Å². The number of aromatic hydroxyl groups is 1. The van der Waals surface area contributed by atoms with Gasteiger partial charge >= 0.3 is 5.97 Å². The molecule has 0 spiro atoms. The number of ether oxygens (including phenoxy) is 4. The highest BCUT2D eigenvalue weighted by atomic mass is 16.8. The van der Waals surface area contributed by atoms with Gasteiger partial charge in [-0.2, -0.15) is 0 Å².